The van der Waals surface area contributed by atoms with Gasteiger partial charge in [0.15, 0.2) is 0 Å². The second kappa shape index (κ2) is 7.66. The number of nitrogens with zero attached hydrogens (tertiary/aromatic N) is 2. The van der Waals surface area contributed by atoms with E-state index in [4.69, 9.17) is 0 Å². The first-order valence-corrected chi connectivity index (χ1v) is 9.34. The molecule has 1 aromatic rings. The molecule has 1 aromatic carbocycles. The van der Waals surface area contributed by atoms with E-state index in [-0.39, 0.29) is 5.91 Å². The number of likely N-dealkylation sites (tertiary alicyclic amines) is 2. The highest BCUT2D eigenvalue weighted by atomic mass is 16.1. The molecular formula is C20H31N3O. The molecule has 0 saturated carbocycles. The molecule has 0 aromatic heterocycles. The number of carbonyl (C=O) groups excluding carboxylic acids is 1. The molecule has 4 nitrogen and oxygen atoms in total. The van der Waals surface area contributed by atoms with Crippen LogP contribution in [-0.4, -0.2) is 62.0 Å². The maximum Gasteiger partial charge on any atom is 0.233 e. The summed E-state index contributed by atoms with van der Waals surface area (Å²) in [6, 6.07) is 11.0. The molecule has 24 heavy (non-hydrogen) atoms. The van der Waals surface area contributed by atoms with Crippen LogP contribution in [0.1, 0.15) is 37.7 Å². The quantitative estimate of drug-likeness (QED) is 0.921. The number of hydrogen-bond acceptors (Lipinski definition) is 3. The van der Waals surface area contributed by atoms with Crippen LogP contribution in [0.3, 0.4) is 0 Å². The van der Waals surface area contributed by atoms with E-state index in [2.05, 4.69) is 52.4 Å². The van der Waals surface area contributed by atoms with Gasteiger partial charge >= 0.3 is 0 Å². The average molecular weight is 329 g/mol. The predicted molar refractivity (Wildman–Crippen MR) is 98.1 cm³/mol. The molecule has 1 N–H and O–H groups in total. The minimum Gasteiger partial charge on any atom is -0.358 e. The Hall–Kier alpha value is -1.39. The van der Waals surface area contributed by atoms with E-state index in [9.17, 15) is 4.79 Å². The largest absolute Gasteiger partial charge is 0.358 e. The van der Waals surface area contributed by atoms with Gasteiger partial charge in [0.05, 0.1) is 6.54 Å². The number of hydrogen-bond donors (Lipinski definition) is 1. The Morgan fingerprint density at radius 1 is 1.21 bits per heavy atom. The third-order valence-corrected chi connectivity index (χ3v) is 6.00. The lowest BCUT2D eigenvalue weighted by molar-refractivity contribution is -0.122. The van der Waals surface area contributed by atoms with Crippen molar-refractivity contribution >= 4 is 5.91 Å². The molecule has 2 aliphatic rings. The van der Waals surface area contributed by atoms with Crippen molar-refractivity contribution in [1.29, 1.82) is 0 Å². The van der Waals surface area contributed by atoms with Gasteiger partial charge in [0, 0.05) is 20.1 Å². The number of carbonyl (C=O) groups is 1. The fourth-order valence-corrected chi connectivity index (χ4v) is 4.52. The third-order valence-electron chi connectivity index (χ3n) is 6.00. The summed E-state index contributed by atoms with van der Waals surface area (Å²) in [5.41, 5.74) is 1.91. The van der Waals surface area contributed by atoms with Gasteiger partial charge in [0.2, 0.25) is 5.91 Å². The van der Waals surface area contributed by atoms with Gasteiger partial charge in [-0.05, 0) is 55.8 Å². The summed E-state index contributed by atoms with van der Waals surface area (Å²) in [6.07, 6.45) is 3.72. The predicted octanol–water partition coefficient (Wildman–Crippen LogP) is 2.32. The zero-order valence-electron chi connectivity index (χ0n) is 15.1. The molecule has 2 heterocycles. The number of rotatable bonds is 4. The summed E-state index contributed by atoms with van der Waals surface area (Å²) in [5.74, 6) is 0.775. The Morgan fingerprint density at radius 3 is 2.54 bits per heavy atom. The van der Waals surface area contributed by atoms with Gasteiger partial charge in [-0.2, -0.15) is 0 Å². The van der Waals surface area contributed by atoms with Gasteiger partial charge in [-0.15, -0.1) is 0 Å². The third kappa shape index (κ3) is 3.98. The van der Waals surface area contributed by atoms with E-state index in [0.29, 0.717) is 17.9 Å². The van der Waals surface area contributed by atoms with Crippen LogP contribution in [0.25, 0.3) is 0 Å². The molecule has 4 heteroatoms. The second-order valence-electron chi connectivity index (χ2n) is 7.59. The van der Waals surface area contributed by atoms with Crippen molar-refractivity contribution in [2.24, 2.45) is 5.41 Å². The summed E-state index contributed by atoms with van der Waals surface area (Å²) in [6.45, 7) is 8.46. The molecule has 132 valence electrons. The SMILES string of the molecule is CCN1C[C@@H](c2ccccc2)CC2(CCN(CC(=O)NC)CC2)C1. The van der Waals surface area contributed by atoms with Gasteiger partial charge in [-0.3, -0.25) is 9.69 Å². The Kier molecular flexibility index (Phi) is 5.57. The molecule has 2 aliphatic heterocycles. The number of likely N-dealkylation sites (N-methyl/N-ethyl adjacent to an activating group) is 2. The molecular weight excluding hydrogens is 298 g/mol. The highest BCUT2D eigenvalue weighted by molar-refractivity contribution is 5.77. The zero-order chi connectivity index (χ0) is 17.0. The topological polar surface area (TPSA) is 35.6 Å². The molecule has 1 amide bonds. The van der Waals surface area contributed by atoms with Crippen LogP contribution >= 0.6 is 0 Å². The number of piperidine rings is 2. The number of nitrogens with one attached hydrogen (secondary N) is 1. The molecule has 1 atom stereocenters. The summed E-state index contributed by atoms with van der Waals surface area (Å²) < 4.78 is 0. The molecule has 0 aliphatic carbocycles. The first kappa shape index (κ1) is 17.4. The Balaban J connectivity index is 1.67. The molecule has 0 bridgehead atoms. The average Bonchev–Trinajstić information content (AvgIpc) is 2.64. The molecule has 2 fully saturated rings. The Bertz CT molecular complexity index is 537. The van der Waals surface area contributed by atoms with Crippen molar-refractivity contribution in [3.05, 3.63) is 35.9 Å². The highest BCUT2D eigenvalue weighted by Crippen LogP contribution is 2.44. The molecule has 3 rings (SSSR count). The van der Waals surface area contributed by atoms with E-state index in [1.165, 1.54) is 37.9 Å². The van der Waals surface area contributed by atoms with Crippen LogP contribution in [-0.2, 0) is 4.79 Å². The van der Waals surface area contributed by atoms with Gasteiger partial charge < -0.3 is 10.2 Å². The standard InChI is InChI=1S/C20H31N3O/c1-3-22-14-18(17-7-5-4-6-8-17)13-20(16-22)9-11-23(12-10-20)15-19(24)21-2/h4-8,18H,3,9-16H2,1-2H3,(H,21,24)/t18-/m0/s1. The highest BCUT2D eigenvalue weighted by Gasteiger charge is 2.41. The van der Waals surface area contributed by atoms with Crippen LogP contribution in [0.15, 0.2) is 30.3 Å². The van der Waals surface area contributed by atoms with E-state index < -0.39 is 0 Å². The van der Waals surface area contributed by atoms with Crippen molar-refractivity contribution in [2.45, 2.75) is 32.1 Å². The first-order chi connectivity index (χ1) is 11.6. The fraction of sp³-hybridized carbons (Fsp3) is 0.650. The van der Waals surface area contributed by atoms with Crippen molar-refractivity contribution in [2.75, 3.05) is 46.3 Å². The van der Waals surface area contributed by atoms with Crippen molar-refractivity contribution < 1.29 is 4.79 Å². The molecule has 1 spiro atoms. The summed E-state index contributed by atoms with van der Waals surface area (Å²) in [4.78, 5) is 16.6. The monoisotopic (exact) mass is 329 g/mol. The van der Waals surface area contributed by atoms with Crippen molar-refractivity contribution in [3.8, 4) is 0 Å². The summed E-state index contributed by atoms with van der Waals surface area (Å²) in [7, 11) is 1.72. The first-order valence-electron chi connectivity index (χ1n) is 9.34. The van der Waals surface area contributed by atoms with Crippen LogP contribution in [0, 0.1) is 5.41 Å². The van der Waals surface area contributed by atoms with Crippen LogP contribution in [0.2, 0.25) is 0 Å². The van der Waals surface area contributed by atoms with E-state index in [0.717, 1.165) is 19.6 Å². The van der Waals surface area contributed by atoms with Gasteiger partial charge in [-0.1, -0.05) is 37.3 Å². The summed E-state index contributed by atoms with van der Waals surface area (Å²) >= 11 is 0. The van der Waals surface area contributed by atoms with Crippen molar-refractivity contribution in [3.63, 3.8) is 0 Å². The van der Waals surface area contributed by atoms with Crippen LogP contribution < -0.4 is 5.32 Å². The number of amides is 1. The lowest BCUT2D eigenvalue weighted by Gasteiger charge is -2.50. The lowest BCUT2D eigenvalue weighted by atomic mass is 9.68. The number of benzene rings is 1. The normalized spacial score (nSPS) is 24.8. The Morgan fingerprint density at radius 2 is 1.92 bits per heavy atom. The maximum absolute atomic E-state index is 11.6. The van der Waals surface area contributed by atoms with Gasteiger partial charge in [0.25, 0.3) is 0 Å². The van der Waals surface area contributed by atoms with E-state index in [1.54, 1.807) is 7.05 Å². The smallest absolute Gasteiger partial charge is 0.233 e. The summed E-state index contributed by atoms with van der Waals surface area (Å²) in [5, 5.41) is 2.74. The molecule has 0 radical (unpaired) electrons. The zero-order valence-corrected chi connectivity index (χ0v) is 15.1. The van der Waals surface area contributed by atoms with Gasteiger partial charge in [0.1, 0.15) is 0 Å². The van der Waals surface area contributed by atoms with Crippen molar-refractivity contribution in [1.82, 2.24) is 15.1 Å². The van der Waals surface area contributed by atoms with E-state index in [1.807, 2.05) is 0 Å². The molecule has 2 saturated heterocycles. The molecule has 0 unspecified atom stereocenters. The fourth-order valence-electron chi connectivity index (χ4n) is 4.52. The van der Waals surface area contributed by atoms with Crippen LogP contribution in [0.5, 0.6) is 0 Å². The second-order valence-corrected chi connectivity index (χ2v) is 7.59. The van der Waals surface area contributed by atoms with Gasteiger partial charge in [-0.25, -0.2) is 0 Å². The van der Waals surface area contributed by atoms with Crippen LogP contribution in [0.4, 0.5) is 0 Å². The lowest BCUT2D eigenvalue weighted by Crippen LogP contribution is -2.52. The van der Waals surface area contributed by atoms with E-state index >= 15 is 0 Å². The maximum atomic E-state index is 11.6. The minimum absolute atomic E-state index is 0.131. The Labute approximate surface area is 146 Å². The minimum atomic E-state index is 0.131.